The standard InChI is InChI=1S/C13H12BrClN2O3/c1-3-4-17(7-12(18)19)13(20)16-11-6-10(15)8(2)5-9(11)14/h1,5-6H,4,7H2,2H3,(H,16,20)(H,18,19). The van der Waals surface area contributed by atoms with Crippen molar-refractivity contribution in [3.63, 3.8) is 0 Å². The summed E-state index contributed by atoms with van der Waals surface area (Å²) in [5.41, 5.74) is 1.29. The maximum Gasteiger partial charge on any atom is 0.323 e. The molecule has 0 saturated heterocycles. The third kappa shape index (κ3) is 4.44. The van der Waals surface area contributed by atoms with Crippen LogP contribution in [0, 0.1) is 19.3 Å². The van der Waals surface area contributed by atoms with Crippen molar-refractivity contribution in [2.45, 2.75) is 6.92 Å². The summed E-state index contributed by atoms with van der Waals surface area (Å²) >= 11 is 9.28. The normalized spacial score (nSPS) is 9.70. The highest BCUT2D eigenvalue weighted by molar-refractivity contribution is 9.10. The number of halogens is 2. The maximum absolute atomic E-state index is 12.0. The zero-order chi connectivity index (χ0) is 15.3. The van der Waals surface area contributed by atoms with Gasteiger partial charge in [0.05, 0.1) is 12.2 Å². The van der Waals surface area contributed by atoms with E-state index in [1.807, 2.05) is 6.92 Å². The molecule has 0 fully saturated rings. The van der Waals surface area contributed by atoms with Gasteiger partial charge in [0.2, 0.25) is 0 Å². The Hall–Kier alpha value is -1.71. The van der Waals surface area contributed by atoms with Gasteiger partial charge in [-0.15, -0.1) is 6.42 Å². The summed E-state index contributed by atoms with van der Waals surface area (Å²) in [6.45, 7) is 1.25. The van der Waals surface area contributed by atoms with Crippen LogP contribution in [-0.4, -0.2) is 35.1 Å². The van der Waals surface area contributed by atoms with Gasteiger partial charge in [-0.2, -0.15) is 0 Å². The topological polar surface area (TPSA) is 69.6 Å². The molecule has 1 rings (SSSR count). The van der Waals surface area contributed by atoms with E-state index in [4.69, 9.17) is 23.1 Å². The number of amides is 2. The van der Waals surface area contributed by atoms with Crippen LogP contribution >= 0.6 is 27.5 Å². The molecule has 1 aromatic rings. The molecule has 0 unspecified atom stereocenters. The summed E-state index contributed by atoms with van der Waals surface area (Å²) in [4.78, 5) is 23.7. The Morgan fingerprint density at radius 2 is 2.20 bits per heavy atom. The van der Waals surface area contributed by atoms with Crippen molar-refractivity contribution < 1.29 is 14.7 Å². The zero-order valence-electron chi connectivity index (χ0n) is 10.6. The molecule has 0 atom stereocenters. The van der Waals surface area contributed by atoms with E-state index in [1.54, 1.807) is 12.1 Å². The third-order valence-electron chi connectivity index (χ3n) is 2.39. The molecule has 2 amide bonds. The third-order valence-corrected chi connectivity index (χ3v) is 3.45. The first-order chi connectivity index (χ1) is 9.35. The van der Waals surface area contributed by atoms with E-state index in [1.165, 1.54) is 0 Å². The van der Waals surface area contributed by atoms with E-state index < -0.39 is 18.5 Å². The lowest BCUT2D eigenvalue weighted by Crippen LogP contribution is -2.39. The molecule has 0 aliphatic rings. The summed E-state index contributed by atoms with van der Waals surface area (Å²) < 4.78 is 0.642. The summed E-state index contributed by atoms with van der Waals surface area (Å²) in [6, 6.07) is 2.72. The number of urea groups is 1. The number of rotatable bonds is 4. The summed E-state index contributed by atoms with van der Waals surface area (Å²) in [7, 11) is 0. The lowest BCUT2D eigenvalue weighted by Gasteiger charge is -2.19. The number of nitrogens with zero attached hydrogens (tertiary/aromatic N) is 1. The van der Waals surface area contributed by atoms with Crippen molar-refractivity contribution in [3.05, 3.63) is 27.2 Å². The van der Waals surface area contributed by atoms with Crippen molar-refractivity contribution in [2.75, 3.05) is 18.4 Å². The Morgan fingerprint density at radius 3 is 2.75 bits per heavy atom. The lowest BCUT2D eigenvalue weighted by molar-refractivity contribution is -0.137. The molecule has 0 bridgehead atoms. The van der Waals surface area contributed by atoms with Crippen molar-refractivity contribution in [1.29, 1.82) is 0 Å². The molecule has 7 heteroatoms. The number of carbonyl (C=O) groups excluding carboxylic acids is 1. The molecule has 0 saturated carbocycles. The van der Waals surface area contributed by atoms with Gasteiger partial charge in [-0.3, -0.25) is 4.79 Å². The summed E-state index contributed by atoms with van der Waals surface area (Å²) in [6.07, 6.45) is 5.12. The number of benzene rings is 1. The van der Waals surface area contributed by atoms with Gasteiger partial charge in [0.1, 0.15) is 6.54 Å². The minimum atomic E-state index is -1.14. The molecule has 0 aliphatic carbocycles. The second kappa shape index (κ2) is 7.17. The van der Waals surface area contributed by atoms with E-state index in [-0.39, 0.29) is 6.54 Å². The van der Waals surface area contributed by atoms with Gasteiger partial charge in [0, 0.05) is 9.50 Å². The molecule has 2 N–H and O–H groups in total. The van der Waals surface area contributed by atoms with Crippen molar-refractivity contribution >= 4 is 45.2 Å². The van der Waals surface area contributed by atoms with E-state index in [9.17, 15) is 9.59 Å². The first kappa shape index (κ1) is 16.3. The van der Waals surface area contributed by atoms with Gasteiger partial charge < -0.3 is 15.3 Å². The van der Waals surface area contributed by atoms with Crippen molar-refractivity contribution in [2.24, 2.45) is 0 Å². The number of carbonyl (C=O) groups is 2. The van der Waals surface area contributed by atoms with Crippen LogP contribution in [0.1, 0.15) is 5.56 Å². The van der Waals surface area contributed by atoms with Gasteiger partial charge in [-0.1, -0.05) is 17.5 Å². The smallest absolute Gasteiger partial charge is 0.323 e. The van der Waals surface area contributed by atoms with E-state index in [2.05, 4.69) is 27.2 Å². The number of nitrogens with one attached hydrogen (secondary N) is 1. The van der Waals surface area contributed by atoms with Crippen LogP contribution in [0.5, 0.6) is 0 Å². The van der Waals surface area contributed by atoms with Gasteiger partial charge >= 0.3 is 12.0 Å². The largest absolute Gasteiger partial charge is 0.480 e. The molecule has 20 heavy (non-hydrogen) atoms. The van der Waals surface area contributed by atoms with Gasteiger partial charge in [-0.05, 0) is 40.5 Å². The van der Waals surface area contributed by atoms with Gasteiger partial charge in [-0.25, -0.2) is 4.79 Å². The van der Waals surface area contributed by atoms with Crippen molar-refractivity contribution in [1.82, 2.24) is 4.90 Å². The molecule has 0 aliphatic heterocycles. The van der Waals surface area contributed by atoms with Crippen LogP contribution in [0.25, 0.3) is 0 Å². The molecule has 0 aromatic heterocycles. The number of hydrogen-bond acceptors (Lipinski definition) is 2. The zero-order valence-corrected chi connectivity index (χ0v) is 13.0. The van der Waals surface area contributed by atoms with Crippen LogP contribution in [0.15, 0.2) is 16.6 Å². The Kier molecular flexibility index (Phi) is 5.86. The predicted octanol–water partition coefficient (Wildman–Crippen LogP) is 2.96. The van der Waals surface area contributed by atoms with Crippen LogP contribution in [-0.2, 0) is 4.79 Å². The SMILES string of the molecule is C#CCN(CC(=O)O)C(=O)Nc1cc(Cl)c(C)cc1Br. The molecule has 106 valence electrons. The van der Waals surface area contributed by atoms with E-state index in [0.717, 1.165) is 10.5 Å². The van der Waals surface area contributed by atoms with Gasteiger partial charge in [0.15, 0.2) is 0 Å². The molecule has 0 radical (unpaired) electrons. The van der Waals surface area contributed by atoms with Crippen LogP contribution < -0.4 is 5.32 Å². The highest BCUT2D eigenvalue weighted by atomic mass is 79.9. The lowest BCUT2D eigenvalue weighted by atomic mass is 10.2. The van der Waals surface area contributed by atoms with Crippen LogP contribution in [0.3, 0.4) is 0 Å². The van der Waals surface area contributed by atoms with Crippen LogP contribution in [0.2, 0.25) is 5.02 Å². The fraction of sp³-hybridized carbons (Fsp3) is 0.231. The van der Waals surface area contributed by atoms with Crippen LogP contribution in [0.4, 0.5) is 10.5 Å². The fourth-order valence-electron chi connectivity index (χ4n) is 1.41. The Labute approximate surface area is 130 Å². The minimum Gasteiger partial charge on any atom is -0.480 e. The number of aryl methyl sites for hydroxylation is 1. The molecular weight excluding hydrogens is 348 g/mol. The number of hydrogen-bond donors (Lipinski definition) is 2. The predicted molar refractivity (Wildman–Crippen MR) is 80.9 cm³/mol. The first-order valence-corrected chi connectivity index (χ1v) is 6.69. The Morgan fingerprint density at radius 1 is 1.55 bits per heavy atom. The van der Waals surface area contributed by atoms with E-state index >= 15 is 0 Å². The quantitative estimate of drug-likeness (QED) is 0.812. The fourth-order valence-corrected chi connectivity index (χ4v) is 2.13. The number of aliphatic carboxylic acids is 1. The molecular formula is C13H12BrClN2O3. The molecule has 1 aromatic carbocycles. The average molecular weight is 360 g/mol. The highest BCUT2D eigenvalue weighted by Gasteiger charge is 2.17. The molecule has 5 nitrogen and oxygen atoms in total. The molecule has 0 spiro atoms. The average Bonchev–Trinajstić information content (AvgIpc) is 2.34. The minimum absolute atomic E-state index is 0.102. The number of terminal acetylenes is 1. The number of anilines is 1. The number of carboxylic acid groups (broad SMARTS) is 1. The van der Waals surface area contributed by atoms with Crippen molar-refractivity contribution in [3.8, 4) is 12.3 Å². The second-order valence-electron chi connectivity index (χ2n) is 3.97. The highest BCUT2D eigenvalue weighted by Crippen LogP contribution is 2.29. The van der Waals surface area contributed by atoms with Gasteiger partial charge in [0.25, 0.3) is 0 Å². The maximum atomic E-state index is 12.0. The Bertz CT molecular complexity index is 584. The monoisotopic (exact) mass is 358 g/mol. The first-order valence-electron chi connectivity index (χ1n) is 5.52. The van der Waals surface area contributed by atoms with E-state index in [0.29, 0.717) is 15.2 Å². The molecule has 0 heterocycles. The summed E-state index contributed by atoms with van der Waals surface area (Å²) in [5.74, 6) is 1.10. The number of carboxylic acids is 1. The second-order valence-corrected chi connectivity index (χ2v) is 5.23. The Balaban J connectivity index is 2.91. The summed E-state index contributed by atoms with van der Waals surface area (Å²) in [5, 5.41) is 11.8.